The lowest BCUT2D eigenvalue weighted by Gasteiger charge is -2.22. The number of aromatic nitrogens is 1. The van der Waals surface area contributed by atoms with E-state index < -0.39 is 10.9 Å². The minimum Gasteiger partial charge on any atom is -0.468 e. The first-order valence-electron chi connectivity index (χ1n) is 5.89. The molecule has 0 atom stereocenters. The highest BCUT2D eigenvalue weighted by atomic mass is 16.6. The summed E-state index contributed by atoms with van der Waals surface area (Å²) in [7, 11) is 1.26. The van der Waals surface area contributed by atoms with Gasteiger partial charge in [0.25, 0.3) is 5.69 Å². The summed E-state index contributed by atoms with van der Waals surface area (Å²) in [6.45, 7) is 2.32. The smallest absolute Gasteiger partial charge is 0.325 e. The summed E-state index contributed by atoms with van der Waals surface area (Å²) in [5, 5.41) is 19.7. The molecule has 0 radical (unpaired) electrons. The maximum atomic E-state index is 11.4. The summed E-state index contributed by atoms with van der Waals surface area (Å²) < 4.78 is 4.58. The molecular formula is C12H14N4O4. The quantitative estimate of drug-likeness (QED) is 0.437. The second-order valence-corrected chi connectivity index (χ2v) is 3.93. The summed E-state index contributed by atoms with van der Waals surface area (Å²) in [5.74, 6) is -0.229. The number of esters is 1. The molecule has 0 N–H and O–H groups in total. The van der Waals surface area contributed by atoms with Crippen molar-refractivity contribution in [3.05, 3.63) is 27.9 Å². The van der Waals surface area contributed by atoms with Gasteiger partial charge in [-0.05, 0) is 6.42 Å². The Morgan fingerprint density at radius 3 is 2.85 bits per heavy atom. The Hall–Kier alpha value is -2.69. The molecular weight excluding hydrogens is 264 g/mol. The van der Waals surface area contributed by atoms with E-state index in [2.05, 4.69) is 9.72 Å². The minimum atomic E-state index is -0.623. The molecule has 1 aromatic rings. The van der Waals surface area contributed by atoms with Crippen LogP contribution in [-0.4, -0.2) is 36.1 Å². The van der Waals surface area contributed by atoms with Crippen molar-refractivity contribution in [3.63, 3.8) is 0 Å². The van der Waals surface area contributed by atoms with E-state index in [9.17, 15) is 14.9 Å². The molecule has 0 amide bonds. The number of hydrogen-bond donors (Lipinski definition) is 0. The average molecular weight is 278 g/mol. The third kappa shape index (κ3) is 3.65. The number of methoxy groups -OCH3 is 1. The summed E-state index contributed by atoms with van der Waals surface area (Å²) in [5.41, 5.74) is -0.212. The summed E-state index contributed by atoms with van der Waals surface area (Å²) in [4.78, 5) is 26.9. The second-order valence-electron chi connectivity index (χ2n) is 3.93. The van der Waals surface area contributed by atoms with E-state index >= 15 is 0 Å². The van der Waals surface area contributed by atoms with E-state index in [-0.39, 0.29) is 23.6 Å². The fourth-order valence-corrected chi connectivity index (χ4v) is 1.63. The van der Waals surface area contributed by atoms with Gasteiger partial charge in [0.15, 0.2) is 0 Å². The number of carbonyl (C=O) groups excluding carboxylic acids is 1. The van der Waals surface area contributed by atoms with Crippen LogP contribution >= 0.6 is 0 Å². The summed E-state index contributed by atoms with van der Waals surface area (Å²) >= 11 is 0. The lowest BCUT2D eigenvalue weighted by atomic mass is 10.2. The van der Waals surface area contributed by atoms with Crippen molar-refractivity contribution in [1.82, 2.24) is 4.98 Å². The highest BCUT2D eigenvalue weighted by Crippen LogP contribution is 2.22. The molecule has 106 valence electrons. The Kier molecular flexibility index (Phi) is 5.41. The molecule has 8 nitrogen and oxygen atoms in total. The van der Waals surface area contributed by atoms with E-state index in [1.54, 1.807) is 4.90 Å². The van der Waals surface area contributed by atoms with Gasteiger partial charge in [0.05, 0.1) is 12.0 Å². The van der Waals surface area contributed by atoms with E-state index in [4.69, 9.17) is 5.26 Å². The summed E-state index contributed by atoms with van der Waals surface area (Å²) in [6.07, 6.45) is 1.79. The van der Waals surface area contributed by atoms with Gasteiger partial charge in [-0.1, -0.05) is 6.92 Å². The van der Waals surface area contributed by atoms with Crippen molar-refractivity contribution in [2.75, 3.05) is 25.1 Å². The van der Waals surface area contributed by atoms with E-state index in [1.165, 1.54) is 7.11 Å². The fourth-order valence-electron chi connectivity index (χ4n) is 1.63. The number of nitrogens with zero attached hydrogens (tertiary/aromatic N) is 4. The van der Waals surface area contributed by atoms with Crippen LogP contribution in [0.25, 0.3) is 0 Å². The number of ether oxygens (including phenoxy) is 1. The highest BCUT2D eigenvalue weighted by Gasteiger charge is 2.19. The Balaban J connectivity index is 3.16. The van der Waals surface area contributed by atoms with Crippen molar-refractivity contribution < 1.29 is 14.5 Å². The fraction of sp³-hybridized carbons (Fsp3) is 0.417. The van der Waals surface area contributed by atoms with Crippen molar-refractivity contribution in [3.8, 4) is 6.07 Å². The molecule has 0 saturated heterocycles. The van der Waals surface area contributed by atoms with E-state index in [1.807, 2.05) is 13.0 Å². The SMILES string of the molecule is CCCN(CC(=O)OC)c1ncc([N+](=O)[O-])cc1C#N. The number of nitro groups is 1. The third-order valence-corrected chi connectivity index (χ3v) is 2.52. The van der Waals surface area contributed by atoms with Crippen LogP contribution < -0.4 is 4.90 Å². The van der Waals surface area contributed by atoms with Crippen molar-refractivity contribution in [2.45, 2.75) is 13.3 Å². The van der Waals surface area contributed by atoms with Crippen LogP contribution in [-0.2, 0) is 9.53 Å². The molecule has 1 heterocycles. The zero-order valence-corrected chi connectivity index (χ0v) is 11.2. The van der Waals surface area contributed by atoms with Gasteiger partial charge in [-0.2, -0.15) is 5.26 Å². The monoisotopic (exact) mass is 278 g/mol. The molecule has 0 unspecified atom stereocenters. The van der Waals surface area contributed by atoms with Gasteiger partial charge in [0.2, 0.25) is 0 Å². The van der Waals surface area contributed by atoms with Gasteiger partial charge >= 0.3 is 5.97 Å². The Labute approximate surface area is 115 Å². The first-order valence-corrected chi connectivity index (χ1v) is 5.89. The maximum absolute atomic E-state index is 11.4. The van der Waals surface area contributed by atoms with Gasteiger partial charge in [-0.15, -0.1) is 0 Å². The van der Waals surface area contributed by atoms with Crippen LogP contribution in [0.4, 0.5) is 11.5 Å². The molecule has 1 aromatic heterocycles. The number of carbonyl (C=O) groups is 1. The van der Waals surface area contributed by atoms with Crippen molar-refractivity contribution in [2.24, 2.45) is 0 Å². The van der Waals surface area contributed by atoms with Crippen LogP contribution in [0.5, 0.6) is 0 Å². The maximum Gasteiger partial charge on any atom is 0.325 e. The normalized spacial score (nSPS) is 9.65. The molecule has 0 aliphatic rings. The van der Waals surface area contributed by atoms with E-state index in [0.717, 1.165) is 18.7 Å². The Morgan fingerprint density at radius 1 is 1.65 bits per heavy atom. The third-order valence-electron chi connectivity index (χ3n) is 2.52. The number of hydrogen-bond acceptors (Lipinski definition) is 7. The predicted molar refractivity (Wildman–Crippen MR) is 70.1 cm³/mol. The minimum absolute atomic E-state index is 0.0524. The lowest BCUT2D eigenvalue weighted by molar-refractivity contribution is -0.385. The number of nitriles is 1. The molecule has 0 bridgehead atoms. The molecule has 0 saturated carbocycles. The van der Waals surface area contributed by atoms with Crippen LogP contribution in [0.1, 0.15) is 18.9 Å². The average Bonchev–Trinajstić information content (AvgIpc) is 2.45. The molecule has 0 aliphatic heterocycles. The van der Waals surface area contributed by atoms with Crippen molar-refractivity contribution >= 4 is 17.5 Å². The van der Waals surface area contributed by atoms with E-state index in [0.29, 0.717) is 6.54 Å². The van der Waals surface area contributed by atoms with Crippen LogP contribution in [0.3, 0.4) is 0 Å². The topological polar surface area (TPSA) is 109 Å². The largest absolute Gasteiger partial charge is 0.468 e. The first kappa shape index (κ1) is 15.4. The Morgan fingerprint density at radius 2 is 2.35 bits per heavy atom. The van der Waals surface area contributed by atoms with Gasteiger partial charge in [-0.25, -0.2) is 4.98 Å². The van der Waals surface area contributed by atoms with Crippen molar-refractivity contribution in [1.29, 1.82) is 5.26 Å². The molecule has 0 aliphatic carbocycles. The highest BCUT2D eigenvalue weighted by molar-refractivity contribution is 5.76. The van der Waals surface area contributed by atoms with Gasteiger partial charge in [-0.3, -0.25) is 14.9 Å². The van der Waals surface area contributed by atoms with Crippen LogP contribution in [0, 0.1) is 21.4 Å². The zero-order chi connectivity index (χ0) is 15.1. The molecule has 0 aromatic carbocycles. The molecule has 8 heteroatoms. The lowest BCUT2D eigenvalue weighted by Crippen LogP contribution is -2.32. The molecule has 20 heavy (non-hydrogen) atoms. The number of rotatable bonds is 6. The summed E-state index contributed by atoms with van der Waals surface area (Å²) in [6, 6.07) is 3.00. The first-order chi connectivity index (χ1) is 9.53. The van der Waals surface area contributed by atoms with Gasteiger partial charge < -0.3 is 9.64 Å². The number of anilines is 1. The molecule has 0 spiro atoms. The van der Waals surface area contributed by atoms with Gasteiger partial charge in [0.1, 0.15) is 30.2 Å². The number of pyridine rings is 1. The van der Waals surface area contributed by atoms with Gasteiger partial charge in [0, 0.05) is 12.6 Å². The van der Waals surface area contributed by atoms with Crippen LogP contribution in [0.15, 0.2) is 12.3 Å². The zero-order valence-electron chi connectivity index (χ0n) is 11.2. The molecule has 1 rings (SSSR count). The second kappa shape index (κ2) is 7.04. The standard InChI is InChI=1S/C12H14N4O4/c1-3-4-15(8-11(17)20-2)12-9(6-13)5-10(7-14-12)16(18)19/h5,7H,3-4,8H2,1-2H3. The Bertz CT molecular complexity index is 553. The molecule has 0 fully saturated rings. The van der Waals surface area contributed by atoms with Crippen LogP contribution in [0.2, 0.25) is 0 Å². The predicted octanol–water partition coefficient (Wildman–Crippen LogP) is 1.25.